The van der Waals surface area contributed by atoms with Crippen molar-refractivity contribution in [3.63, 3.8) is 0 Å². The number of amides is 2. The molecule has 0 unspecified atom stereocenters. The molecule has 0 radical (unpaired) electrons. The number of hydrogen-bond donors (Lipinski definition) is 1. The van der Waals surface area contributed by atoms with Crippen LogP contribution in [-0.2, 0) is 11.4 Å². The molecule has 0 saturated heterocycles. The number of carbonyl (C=O) groups excluding carboxylic acids is 2. The zero-order valence-electron chi connectivity index (χ0n) is 16.0. The molecule has 29 heavy (non-hydrogen) atoms. The average Bonchev–Trinajstić information content (AvgIpc) is 3.13. The standard InChI is InChI=1S/C21H20FN3O3S/c1-14-23-18(13-29-14)12-28-19-9-3-15(4-10-19)21(27)25(2)11-20(26)24-17-7-5-16(22)6-8-17/h3-10,13H,11-12H2,1-2H3,(H,24,26). The van der Waals surface area contributed by atoms with Gasteiger partial charge in [-0.15, -0.1) is 11.3 Å². The predicted molar refractivity (Wildman–Crippen MR) is 110 cm³/mol. The summed E-state index contributed by atoms with van der Waals surface area (Å²) >= 11 is 1.56. The quantitative estimate of drug-likeness (QED) is 0.638. The van der Waals surface area contributed by atoms with Gasteiger partial charge in [-0.1, -0.05) is 0 Å². The first-order valence-electron chi connectivity index (χ1n) is 8.85. The molecule has 2 amide bonds. The number of nitrogens with one attached hydrogen (secondary N) is 1. The van der Waals surface area contributed by atoms with Crippen molar-refractivity contribution in [2.24, 2.45) is 0 Å². The van der Waals surface area contributed by atoms with Crippen LogP contribution in [0.4, 0.5) is 10.1 Å². The summed E-state index contributed by atoms with van der Waals surface area (Å²) in [5.74, 6) is -0.416. The number of thiazole rings is 1. The fourth-order valence-electron chi connectivity index (χ4n) is 2.57. The lowest BCUT2D eigenvalue weighted by molar-refractivity contribution is -0.116. The summed E-state index contributed by atoms with van der Waals surface area (Å²) in [6, 6.07) is 12.1. The fraction of sp³-hybridized carbons (Fsp3) is 0.190. The van der Waals surface area contributed by atoms with Crippen LogP contribution in [0, 0.1) is 12.7 Å². The number of nitrogens with zero attached hydrogens (tertiary/aromatic N) is 2. The van der Waals surface area contributed by atoms with Crippen molar-refractivity contribution < 1.29 is 18.7 Å². The highest BCUT2D eigenvalue weighted by molar-refractivity contribution is 7.09. The zero-order valence-corrected chi connectivity index (χ0v) is 16.8. The molecule has 8 heteroatoms. The molecule has 0 saturated carbocycles. The number of aromatic nitrogens is 1. The van der Waals surface area contributed by atoms with Gasteiger partial charge in [0, 0.05) is 23.7 Å². The molecule has 0 aliphatic carbocycles. The van der Waals surface area contributed by atoms with E-state index in [2.05, 4.69) is 10.3 Å². The van der Waals surface area contributed by atoms with Gasteiger partial charge in [0.05, 0.1) is 17.2 Å². The monoisotopic (exact) mass is 413 g/mol. The Balaban J connectivity index is 1.51. The van der Waals surface area contributed by atoms with Gasteiger partial charge < -0.3 is 15.0 Å². The van der Waals surface area contributed by atoms with E-state index >= 15 is 0 Å². The minimum Gasteiger partial charge on any atom is -0.487 e. The second-order valence-electron chi connectivity index (χ2n) is 6.39. The van der Waals surface area contributed by atoms with Crippen LogP contribution in [0.5, 0.6) is 5.75 Å². The third-order valence-corrected chi connectivity index (χ3v) is 4.83. The topological polar surface area (TPSA) is 71.5 Å². The van der Waals surface area contributed by atoms with Crippen LogP contribution in [0.3, 0.4) is 0 Å². The molecular formula is C21H20FN3O3S. The van der Waals surface area contributed by atoms with Crippen LogP contribution in [0.2, 0.25) is 0 Å². The predicted octanol–water partition coefficient (Wildman–Crippen LogP) is 3.88. The summed E-state index contributed by atoms with van der Waals surface area (Å²) in [4.78, 5) is 30.3. The number of rotatable bonds is 7. The Labute approximate surface area is 172 Å². The number of hydrogen-bond acceptors (Lipinski definition) is 5. The van der Waals surface area contributed by atoms with E-state index in [0.717, 1.165) is 10.7 Å². The molecule has 3 rings (SSSR count). The second-order valence-corrected chi connectivity index (χ2v) is 7.45. The van der Waals surface area contributed by atoms with Crippen molar-refractivity contribution in [3.05, 3.63) is 76.0 Å². The van der Waals surface area contributed by atoms with Gasteiger partial charge in [0.1, 0.15) is 18.2 Å². The maximum Gasteiger partial charge on any atom is 0.254 e. The number of anilines is 1. The number of halogens is 1. The third-order valence-electron chi connectivity index (χ3n) is 4.01. The van der Waals surface area contributed by atoms with Gasteiger partial charge in [-0.05, 0) is 55.5 Å². The lowest BCUT2D eigenvalue weighted by Crippen LogP contribution is -2.34. The Hall–Kier alpha value is -3.26. The summed E-state index contributed by atoms with van der Waals surface area (Å²) in [6.07, 6.45) is 0. The van der Waals surface area contributed by atoms with Crippen LogP contribution in [-0.4, -0.2) is 35.3 Å². The molecule has 0 fully saturated rings. The second kappa shape index (κ2) is 9.29. The van der Waals surface area contributed by atoms with E-state index in [1.807, 2.05) is 12.3 Å². The summed E-state index contributed by atoms with van der Waals surface area (Å²) in [6.45, 7) is 2.17. The van der Waals surface area contributed by atoms with Gasteiger partial charge in [-0.2, -0.15) is 0 Å². The Bertz CT molecular complexity index is 987. The first-order valence-corrected chi connectivity index (χ1v) is 9.73. The highest BCUT2D eigenvalue weighted by Crippen LogP contribution is 2.16. The van der Waals surface area contributed by atoms with Gasteiger partial charge in [0.2, 0.25) is 5.91 Å². The summed E-state index contributed by atoms with van der Waals surface area (Å²) in [5, 5.41) is 5.55. The lowest BCUT2D eigenvalue weighted by atomic mass is 10.2. The maximum absolute atomic E-state index is 12.9. The van der Waals surface area contributed by atoms with Crippen LogP contribution in [0.25, 0.3) is 0 Å². The molecule has 6 nitrogen and oxygen atoms in total. The number of carbonyl (C=O) groups is 2. The van der Waals surface area contributed by atoms with Crippen molar-refractivity contribution in [1.82, 2.24) is 9.88 Å². The largest absolute Gasteiger partial charge is 0.487 e. The van der Waals surface area contributed by atoms with E-state index in [9.17, 15) is 14.0 Å². The molecule has 0 spiro atoms. The van der Waals surface area contributed by atoms with Crippen LogP contribution >= 0.6 is 11.3 Å². The van der Waals surface area contributed by atoms with Gasteiger partial charge >= 0.3 is 0 Å². The van der Waals surface area contributed by atoms with E-state index in [-0.39, 0.29) is 24.2 Å². The Kier molecular flexibility index (Phi) is 6.56. The fourth-order valence-corrected chi connectivity index (χ4v) is 3.16. The molecule has 1 aromatic heterocycles. The number of ether oxygens (including phenoxy) is 1. The van der Waals surface area contributed by atoms with Crippen molar-refractivity contribution in [2.45, 2.75) is 13.5 Å². The summed E-state index contributed by atoms with van der Waals surface area (Å²) < 4.78 is 18.6. The molecular weight excluding hydrogens is 393 g/mol. The smallest absolute Gasteiger partial charge is 0.254 e. The summed E-state index contributed by atoms with van der Waals surface area (Å²) in [7, 11) is 1.54. The van der Waals surface area contributed by atoms with E-state index in [0.29, 0.717) is 23.6 Å². The molecule has 1 heterocycles. The van der Waals surface area contributed by atoms with Gasteiger partial charge in [0.25, 0.3) is 5.91 Å². The van der Waals surface area contributed by atoms with Crippen molar-refractivity contribution >= 4 is 28.8 Å². The minimum absolute atomic E-state index is 0.127. The van der Waals surface area contributed by atoms with Crippen LogP contribution < -0.4 is 10.1 Å². The first-order chi connectivity index (χ1) is 13.9. The molecule has 0 aliphatic heterocycles. The van der Waals surface area contributed by atoms with Crippen molar-refractivity contribution in [1.29, 1.82) is 0 Å². The van der Waals surface area contributed by atoms with Gasteiger partial charge in [-0.3, -0.25) is 9.59 Å². The first kappa shape index (κ1) is 20.5. The van der Waals surface area contributed by atoms with E-state index in [1.165, 1.54) is 29.2 Å². The minimum atomic E-state index is -0.385. The number of benzene rings is 2. The van der Waals surface area contributed by atoms with Crippen LogP contribution in [0.1, 0.15) is 21.1 Å². The summed E-state index contributed by atoms with van der Waals surface area (Å²) in [5.41, 5.74) is 1.77. The number of aryl methyl sites for hydroxylation is 1. The van der Waals surface area contributed by atoms with Gasteiger partial charge in [-0.25, -0.2) is 9.37 Å². The van der Waals surface area contributed by atoms with Crippen molar-refractivity contribution in [3.8, 4) is 5.75 Å². The molecule has 0 aliphatic rings. The molecule has 0 bridgehead atoms. The molecule has 3 aromatic rings. The Morgan fingerprint density at radius 3 is 2.45 bits per heavy atom. The maximum atomic E-state index is 12.9. The zero-order chi connectivity index (χ0) is 20.8. The normalized spacial score (nSPS) is 10.4. The molecule has 2 aromatic carbocycles. The van der Waals surface area contributed by atoms with Crippen LogP contribution in [0.15, 0.2) is 53.9 Å². The van der Waals surface area contributed by atoms with E-state index in [4.69, 9.17) is 4.74 Å². The molecule has 150 valence electrons. The SMILES string of the molecule is Cc1nc(COc2ccc(C(=O)N(C)CC(=O)Nc3ccc(F)cc3)cc2)cs1. The Morgan fingerprint density at radius 2 is 1.83 bits per heavy atom. The molecule has 1 N–H and O–H groups in total. The lowest BCUT2D eigenvalue weighted by Gasteiger charge is -2.17. The average molecular weight is 413 g/mol. The van der Waals surface area contributed by atoms with E-state index < -0.39 is 0 Å². The Morgan fingerprint density at radius 1 is 1.14 bits per heavy atom. The highest BCUT2D eigenvalue weighted by Gasteiger charge is 2.15. The molecule has 0 atom stereocenters. The third kappa shape index (κ3) is 5.86. The van der Waals surface area contributed by atoms with E-state index in [1.54, 1.807) is 42.6 Å². The highest BCUT2D eigenvalue weighted by atomic mass is 32.1. The van der Waals surface area contributed by atoms with Crippen molar-refractivity contribution in [2.75, 3.05) is 18.9 Å². The van der Waals surface area contributed by atoms with Gasteiger partial charge in [0.15, 0.2) is 0 Å². The number of likely N-dealkylation sites (N-methyl/N-ethyl adjacent to an activating group) is 1.